The van der Waals surface area contributed by atoms with Gasteiger partial charge in [0, 0.05) is 0 Å². The van der Waals surface area contributed by atoms with Crippen molar-refractivity contribution in [3.05, 3.63) is 0 Å². The molecule has 1 heterocycles. The molecule has 5 nitrogen and oxygen atoms in total. The first-order valence-corrected chi connectivity index (χ1v) is 5.68. The number of nitrogens with two attached hydrogens (primary N) is 1. The summed E-state index contributed by atoms with van der Waals surface area (Å²) in [7, 11) is 0. The quantitative estimate of drug-likeness (QED) is 0.409. The van der Waals surface area contributed by atoms with Crippen LogP contribution < -0.4 is 28.4 Å². The third-order valence-electron chi connectivity index (χ3n) is 3.62. The van der Waals surface area contributed by atoms with Crippen LogP contribution in [0.2, 0.25) is 0 Å². The van der Waals surface area contributed by atoms with Crippen LogP contribution in [0, 0.1) is 23.2 Å². The molecule has 0 bridgehead atoms. The highest BCUT2D eigenvalue weighted by molar-refractivity contribution is 5.97. The molecule has 0 aromatic carbocycles. The van der Waals surface area contributed by atoms with Gasteiger partial charge in [0.2, 0.25) is 0 Å². The zero-order valence-electron chi connectivity index (χ0n) is 9.79. The van der Waals surface area contributed by atoms with Crippen molar-refractivity contribution in [1.82, 2.24) is 5.32 Å². The molecule has 4 N–H and O–H groups in total. The van der Waals surface area contributed by atoms with E-state index in [1.54, 1.807) is 0 Å². The number of halogens is 1. The molecule has 0 aromatic heterocycles. The fraction of sp³-hybridized carbons (Fsp3) is 0.727. The van der Waals surface area contributed by atoms with Crippen molar-refractivity contribution in [2.75, 3.05) is 0 Å². The first-order valence-electron chi connectivity index (χ1n) is 5.68. The molecule has 1 saturated carbocycles. The van der Waals surface area contributed by atoms with E-state index in [0.717, 1.165) is 25.7 Å². The summed E-state index contributed by atoms with van der Waals surface area (Å²) in [6.07, 6.45) is 3.86. The van der Waals surface area contributed by atoms with Crippen LogP contribution in [0.25, 0.3) is 0 Å². The first kappa shape index (κ1) is 13.8. The van der Waals surface area contributed by atoms with E-state index in [1.165, 1.54) is 0 Å². The van der Waals surface area contributed by atoms with Crippen LogP contribution in [-0.4, -0.2) is 17.4 Å². The van der Waals surface area contributed by atoms with Gasteiger partial charge in [0.15, 0.2) is 5.92 Å². The van der Waals surface area contributed by atoms with Gasteiger partial charge in [-0.05, 0) is 25.2 Å². The van der Waals surface area contributed by atoms with Gasteiger partial charge in [-0.3, -0.25) is 15.5 Å². The predicted octanol–water partition coefficient (Wildman–Crippen LogP) is -4.40. The monoisotopic (exact) mass is 256 g/mol. The number of carbonyl (C=O) groups excluding carboxylic acids is 1. The fourth-order valence-electron chi connectivity index (χ4n) is 2.98. The Bertz CT molecular complexity index is 389. The molecule has 3 atom stereocenters. The summed E-state index contributed by atoms with van der Waals surface area (Å²) < 4.78 is 0. The average molecular weight is 257 g/mol. The Morgan fingerprint density at radius 1 is 1.65 bits per heavy atom. The highest BCUT2D eigenvalue weighted by Crippen LogP contribution is 2.34. The summed E-state index contributed by atoms with van der Waals surface area (Å²) in [6.45, 7) is 2.15. The van der Waals surface area contributed by atoms with Gasteiger partial charge < -0.3 is 12.4 Å². The zero-order chi connectivity index (χ0) is 11.8. The SMILES string of the molecule is CC1CCCC2(C1)[NH+]=C(N)NC(=O)C2C#N.[Cl-]. The lowest BCUT2D eigenvalue weighted by Crippen LogP contribution is -3.00. The molecule has 2 rings (SSSR count). The van der Waals surface area contributed by atoms with E-state index in [1.807, 2.05) is 0 Å². The standard InChI is InChI=1S/C11H16N4O.ClH/c1-7-3-2-4-11(5-7)8(6-12)9(16)14-10(13)15-11;/h7-8H,2-5H2,1H3,(H3,13,14,15,16);1H. The largest absolute Gasteiger partial charge is 1.00 e. The summed E-state index contributed by atoms with van der Waals surface area (Å²) in [5, 5.41) is 11.6. The minimum absolute atomic E-state index is 0. The highest BCUT2D eigenvalue weighted by atomic mass is 35.5. The molecule has 0 aromatic rings. The average Bonchev–Trinajstić information content (AvgIpc) is 2.16. The second kappa shape index (κ2) is 4.92. The van der Waals surface area contributed by atoms with Gasteiger partial charge in [-0.1, -0.05) is 13.3 Å². The minimum Gasteiger partial charge on any atom is -1.00 e. The summed E-state index contributed by atoms with van der Waals surface area (Å²) >= 11 is 0. The van der Waals surface area contributed by atoms with Crippen molar-refractivity contribution >= 4 is 11.9 Å². The van der Waals surface area contributed by atoms with Gasteiger partial charge in [0.05, 0.1) is 6.07 Å². The van der Waals surface area contributed by atoms with E-state index in [4.69, 9.17) is 11.0 Å². The first-order chi connectivity index (χ1) is 7.57. The van der Waals surface area contributed by atoms with E-state index in [-0.39, 0.29) is 24.3 Å². The van der Waals surface area contributed by atoms with Crippen LogP contribution >= 0.6 is 0 Å². The Morgan fingerprint density at radius 2 is 2.35 bits per heavy atom. The number of hydrogen-bond acceptors (Lipinski definition) is 3. The van der Waals surface area contributed by atoms with Crippen LogP contribution in [0.4, 0.5) is 0 Å². The van der Waals surface area contributed by atoms with Gasteiger partial charge >= 0.3 is 11.9 Å². The number of guanidine groups is 1. The molecule has 3 unspecified atom stereocenters. The smallest absolute Gasteiger partial charge is 0.348 e. The van der Waals surface area contributed by atoms with Crippen LogP contribution in [0.5, 0.6) is 0 Å². The van der Waals surface area contributed by atoms with E-state index in [0.29, 0.717) is 5.92 Å². The van der Waals surface area contributed by atoms with Crippen molar-refractivity contribution in [2.45, 2.75) is 38.1 Å². The third-order valence-corrected chi connectivity index (χ3v) is 3.62. The number of nitrogens with zero attached hydrogens (tertiary/aromatic N) is 1. The van der Waals surface area contributed by atoms with E-state index >= 15 is 0 Å². The molecule has 17 heavy (non-hydrogen) atoms. The van der Waals surface area contributed by atoms with Crippen LogP contribution in [0.15, 0.2) is 0 Å². The molecule has 1 fully saturated rings. The fourth-order valence-corrected chi connectivity index (χ4v) is 2.98. The van der Waals surface area contributed by atoms with Gasteiger partial charge in [0.1, 0.15) is 5.54 Å². The van der Waals surface area contributed by atoms with Gasteiger partial charge in [-0.25, -0.2) is 5.32 Å². The maximum absolute atomic E-state index is 11.7. The predicted molar refractivity (Wildman–Crippen MR) is 57.8 cm³/mol. The molecular weight excluding hydrogens is 240 g/mol. The maximum atomic E-state index is 11.7. The molecule has 94 valence electrons. The lowest BCUT2D eigenvalue weighted by Gasteiger charge is -2.39. The van der Waals surface area contributed by atoms with Gasteiger partial charge in [0.25, 0.3) is 0 Å². The Morgan fingerprint density at radius 3 is 2.94 bits per heavy atom. The molecule has 1 spiro atoms. The number of hydrogen-bond donors (Lipinski definition) is 3. The molecule has 0 radical (unpaired) electrons. The van der Waals surface area contributed by atoms with Crippen LogP contribution in [-0.2, 0) is 4.79 Å². The Kier molecular flexibility index (Phi) is 3.99. The van der Waals surface area contributed by atoms with Crippen molar-refractivity contribution < 1.29 is 22.2 Å². The van der Waals surface area contributed by atoms with Crippen LogP contribution in [0.1, 0.15) is 32.6 Å². The normalized spacial score (nSPS) is 36.5. The molecule has 0 saturated heterocycles. The molecule has 2 aliphatic rings. The lowest BCUT2D eigenvalue weighted by atomic mass is 9.69. The summed E-state index contributed by atoms with van der Waals surface area (Å²) in [4.78, 5) is 14.9. The zero-order valence-corrected chi connectivity index (χ0v) is 10.5. The Hall–Kier alpha value is -1.28. The maximum Gasteiger partial charge on any atom is 0.348 e. The van der Waals surface area contributed by atoms with E-state index < -0.39 is 11.5 Å². The summed E-state index contributed by atoms with van der Waals surface area (Å²) in [5.41, 5.74) is 5.21. The van der Waals surface area contributed by atoms with Gasteiger partial charge in [-0.2, -0.15) is 5.26 Å². The molecule has 1 aliphatic carbocycles. The number of carbonyl (C=O) groups is 1. The third kappa shape index (κ3) is 2.37. The summed E-state index contributed by atoms with van der Waals surface area (Å²) in [5.74, 6) is -0.100. The second-order valence-corrected chi connectivity index (χ2v) is 4.95. The molecule has 6 heteroatoms. The van der Waals surface area contributed by atoms with Crippen molar-refractivity contribution in [2.24, 2.45) is 17.6 Å². The van der Waals surface area contributed by atoms with Crippen molar-refractivity contribution in [3.63, 3.8) is 0 Å². The van der Waals surface area contributed by atoms with Crippen molar-refractivity contribution in [1.29, 1.82) is 5.26 Å². The summed E-state index contributed by atoms with van der Waals surface area (Å²) in [6, 6.07) is 2.11. The molecular formula is C11H17ClN4O. The minimum atomic E-state index is -0.637. The number of nitriles is 1. The topological polar surface area (TPSA) is 92.9 Å². The Labute approximate surface area is 107 Å². The van der Waals surface area contributed by atoms with Crippen molar-refractivity contribution in [3.8, 4) is 6.07 Å². The number of nitrogens with one attached hydrogen (secondary N) is 2. The Balaban J connectivity index is 0.00000144. The number of rotatable bonds is 0. The second-order valence-electron chi connectivity index (χ2n) is 4.95. The van der Waals surface area contributed by atoms with E-state index in [9.17, 15) is 4.79 Å². The van der Waals surface area contributed by atoms with Gasteiger partial charge in [-0.15, -0.1) is 0 Å². The lowest BCUT2D eigenvalue weighted by molar-refractivity contribution is -0.572. The van der Waals surface area contributed by atoms with E-state index in [2.05, 4.69) is 23.3 Å². The molecule has 1 aliphatic heterocycles. The highest BCUT2D eigenvalue weighted by Gasteiger charge is 2.51. The molecule has 1 amide bonds. The number of amides is 1. The van der Waals surface area contributed by atoms with Crippen LogP contribution in [0.3, 0.4) is 0 Å².